The highest BCUT2D eigenvalue weighted by atomic mass is 35.5. The zero-order valence-corrected chi connectivity index (χ0v) is 8.48. The first kappa shape index (κ1) is 12.9. The quantitative estimate of drug-likeness (QED) is 0.374. The molecule has 0 spiro atoms. The van der Waals surface area contributed by atoms with E-state index in [4.69, 9.17) is 37.9 Å². The Morgan fingerprint density at radius 1 is 1.36 bits per heavy atom. The summed E-state index contributed by atoms with van der Waals surface area (Å²) in [5.74, 6) is 0. The molecule has 6 nitrogen and oxygen atoms in total. The second-order valence-corrected chi connectivity index (χ2v) is 4.25. The average Bonchev–Trinajstić information content (AvgIpc) is 2.11. The van der Waals surface area contributed by atoms with E-state index in [0.29, 0.717) is 0 Å². The molecule has 0 amide bonds. The van der Waals surface area contributed by atoms with Gasteiger partial charge in [-0.15, -0.1) is 0 Å². The van der Waals surface area contributed by atoms with Crippen LogP contribution in [0.2, 0.25) is 5.02 Å². The maximum Gasteiger partial charge on any atom is 0.358 e. The molecule has 0 aliphatic heterocycles. The Balaban J connectivity index is 0.000000791. The van der Waals surface area contributed by atoms with Crippen LogP contribution in [0.15, 0.2) is 18.2 Å². The smallest absolute Gasteiger partial charge is 0.358 e. The molecule has 0 bridgehead atoms. The van der Waals surface area contributed by atoms with Gasteiger partial charge >= 0.3 is 7.60 Å². The molecule has 0 saturated carbocycles. The van der Waals surface area contributed by atoms with E-state index >= 15 is 0 Å². The third kappa shape index (κ3) is 3.32. The molecule has 0 aliphatic carbocycles. The third-order valence-electron chi connectivity index (χ3n) is 1.31. The number of rotatable bonds is 1. The van der Waals surface area contributed by atoms with Crippen molar-refractivity contribution in [2.45, 2.75) is 0 Å². The van der Waals surface area contributed by atoms with Crippen LogP contribution in [0, 0.1) is 10.8 Å². The summed E-state index contributed by atoms with van der Waals surface area (Å²) in [5.41, 5.74) is 5.37. The highest BCUT2D eigenvalue weighted by Gasteiger charge is 2.20. The predicted octanol–water partition coefficient (Wildman–Crippen LogP) is 0.755. The van der Waals surface area contributed by atoms with Gasteiger partial charge in [0.15, 0.2) is 0 Å². The Hall–Kier alpha value is -1.12. The van der Waals surface area contributed by atoms with E-state index in [1.165, 1.54) is 12.1 Å². The highest BCUT2D eigenvalue weighted by molar-refractivity contribution is 7.60. The summed E-state index contributed by atoms with van der Waals surface area (Å²) in [4.78, 5) is 17.5. The lowest BCUT2D eigenvalue weighted by atomic mass is 10.3. The molecule has 0 fully saturated rings. The Morgan fingerprint density at radius 2 is 1.86 bits per heavy atom. The number of anilines is 1. The van der Waals surface area contributed by atoms with Gasteiger partial charge in [-0.1, -0.05) is 11.6 Å². The molecule has 1 aromatic carbocycles. The number of halogens is 1. The zero-order valence-electron chi connectivity index (χ0n) is 6.83. The van der Waals surface area contributed by atoms with E-state index in [-0.39, 0.29) is 16.0 Å². The Kier molecular flexibility index (Phi) is 4.54. The maximum absolute atomic E-state index is 10.8. The lowest BCUT2D eigenvalue weighted by Gasteiger charge is -2.06. The van der Waals surface area contributed by atoms with Crippen LogP contribution >= 0.6 is 19.2 Å². The van der Waals surface area contributed by atoms with Crippen molar-refractivity contribution in [3.8, 4) is 0 Å². The van der Waals surface area contributed by atoms with Gasteiger partial charge in [0, 0.05) is 21.5 Å². The van der Waals surface area contributed by atoms with Crippen LogP contribution in [-0.4, -0.2) is 9.79 Å². The first-order chi connectivity index (χ1) is 6.41. The fourth-order valence-corrected chi connectivity index (χ4v) is 1.74. The van der Waals surface area contributed by atoms with E-state index in [2.05, 4.69) is 0 Å². The molecule has 1 rings (SSSR count). The van der Waals surface area contributed by atoms with Gasteiger partial charge in [-0.3, -0.25) is 4.57 Å². The Morgan fingerprint density at radius 3 is 2.21 bits per heavy atom. The molecule has 1 aromatic rings. The molecule has 0 unspecified atom stereocenters. The molecule has 0 heterocycles. The second-order valence-electron chi connectivity index (χ2n) is 2.25. The van der Waals surface area contributed by atoms with Gasteiger partial charge in [-0.2, -0.15) is 0 Å². The summed E-state index contributed by atoms with van der Waals surface area (Å²) in [6, 6.07) is 3.99. The SMILES string of the molecule is N#N.Nc1ccc(Cl)cc1P(=O)(O)O. The van der Waals surface area contributed by atoms with Crippen molar-refractivity contribution in [1.29, 1.82) is 10.8 Å². The van der Waals surface area contributed by atoms with Crippen molar-refractivity contribution in [2.24, 2.45) is 0 Å². The minimum Gasteiger partial charge on any atom is -0.398 e. The Bertz CT molecular complexity index is 389. The lowest BCUT2D eigenvalue weighted by molar-refractivity contribution is 0.387. The minimum atomic E-state index is -4.29. The largest absolute Gasteiger partial charge is 0.398 e. The van der Waals surface area contributed by atoms with Crippen LogP contribution in [0.4, 0.5) is 5.69 Å². The molecule has 14 heavy (non-hydrogen) atoms. The van der Waals surface area contributed by atoms with E-state index in [1.54, 1.807) is 0 Å². The van der Waals surface area contributed by atoms with E-state index in [0.717, 1.165) is 6.07 Å². The molecular weight excluding hydrogens is 229 g/mol. The normalized spacial score (nSPS) is 10.1. The first-order valence-electron chi connectivity index (χ1n) is 3.22. The van der Waals surface area contributed by atoms with Gasteiger partial charge < -0.3 is 15.5 Å². The second kappa shape index (κ2) is 4.94. The Labute approximate surface area is 84.9 Å². The minimum absolute atomic E-state index is 0.0488. The van der Waals surface area contributed by atoms with Crippen LogP contribution in [0.5, 0.6) is 0 Å². The van der Waals surface area contributed by atoms with Crippen molar-refractivity contribution in [3.05, 3.63) is 23.2 Å². The lowest BCUT2D eigenvalue weighted by Crippen LogP contribution is -2.09. The van der Waals surface area contributed by atoms with Crippen LogP contribution in [0.1, 0.15) is 0 Å². The van der Waals surface area contributed by atoms with Gasteiger partial charge in [0.1, 0.15) is 0 Å². The van der Waals surface area contributed by atoms with Crippen molar-refractivity contribution in [1.82, 2.24) is 0 Å². The number of nitrogens with two attached hydrogens (primary N) is 1. The number of nitrogens with zero attached hydrogens (tertiary/aromatic N) is 2. The predicted molar refractivity (Wildman–Crippen MR) is 51.0 cm³/mol. The summed E-state index contributed by atoms with van der Waals surface area (Å²) in [6.07, 6.45) is 0. The van der Waals surface area contributed by atoms with E-state index in [9.17, 15) is 4.57 Å². The van der Waals surface area contributed by atoms with Gasteiger partial charge in [0.05, 0.1) is 5.30 Å². The van der Waals surface area contributed by atoms with Crippen molar-refractivity contribution in [2.75, 3.05) is 5.73 Å². The molecule has 0 aromatic heterocycles. The van der Waals surface area contributed by atoms with Gasteiger partial charge in [-0.25, -0.2) is 0 Å². The van der Waals surface area contributed by atoms with Gasteiger partial charge in [0.25, 0.3) is 0 Å². The zero-order chi connectivity index (χ0) is 11.4. The summed E-state index contributed by atoms with van der Waals surface area (Å²) in [7, 11) is -4.29. The van der Waals surface area contributed by atoms with Crippen molar-refractivity contribution >= 4 is 30.2 Å². The molecule has 0 aliphatic rings. The maximum atomic E-state index is 10.8. The molecule has 76 valence electrons. The molecule has 4 N–H and O–H groups in total. The number of nitrogen functional groups attached to an aromatic ring is 1. The monoisotopic (exact) mass is 235 g/mol. The van der Waals surface area contributed by atoms with E-state index in [1.807, 2.05) is 0 Å². The van der Waals surface area contributed by atoms with Crippen molar-refractivity contribution < 1.29 is 14.4 Å². The number of hydrogen-bond acceptors (Lipinski definition) is 4. The van der Waals surface area contributed by atoms with Crippen LogP contribution in [-0.2, 0) is 4.57 Å². The topological polar surface area (TPSA) is 131 Å². The van der Waals surface area contributed by atoms with Gasteiger partial charge in [0.2, 0.25) is 0 Å². The highest BCUT2D eigenvalue weighted by Crippen LogP contribution is 2.36. The number of benzene rings is 1. The van der Waals surface area contributed by atoms with Crippen LogP contribution in [0.3, 0.4) is 0 Å². The van der Waals surface area contributed by atoms with Crippen LogP contribution < -0.4 is 11.0 Å². The standard InChI is InChI=1S/C6H7ClNO3P.N2/c7-4-1-2-5(8)6(3-4)12(9,10)11;1-2/h1-3H,8H2,(H2,9,10,11);. The van der Waals surface area contributed by atoms with Crippen molar-refractivity contribution in [3.63, 3.8) is 0 Å². The number of hydrogen-bond donors (Lipinski definition) is 3. The summed E-state index contributed by atoms with van der Waals surface area (Å²) >= 11 is 5.52. The molecule has 0 radical (unpaired) electrons. The molecule has 0 saturated heterocycles. The summed E-state index contributed by atoms with van der Waals surface area (Å²) in [6.45, 7) is 0. The van der Waals surface area contributed by atoms with E-state index < -0.39 is 7.60 Å². The fourth-order valence-electron chi connectivity index (χ4n) is 0.769. The summed E-state index contributed by atoms with van der Waals surface area (Å²) < 4.78 is 10.8. The van der Waals surface area contributed by atoms with Gasteiger partial charge in [-0.05, 0) is 18.2 Å². The molecular formula is C6H7ClN3O3P. The molecule has 8 heteroatoms. The van der Waals surface area contributed by atoms with Crippen LogP contribution in [0.25, 0.3) is 0 Å². The molecule has 0 atom stereocenters. The fraction of sp³-hybridized carbons (Fsp3) is 0. The third-order valence-corrected chi connectivity index (χ3v) is 2.56. The summed E-state index contributed by atoms with van der Waals surface area (Å²) in [5, 5.41) is 12.0. The average molecular weight is 236 g/mol. The first-order valence-corrected chi connectivity index (χ1v) is 5.21.